The van der Waals surface area contributed by atoms with Crippen LogP contribution in [-0.4, -0.2) is 18.6 Å². The molecule has 2 rings (SSSR count). The summed E-state index contributed by atoms with van der Waals surface area (Å²) in [6.07, 6.45) is 3.40. The average Bonchev–Trinajstić information content (AvgIpc) is 2.30. The molecule has 0 radical (unpaired) electrons. The Kier molecular flexibility index (Phi) is 3.49. The quantitative estimate of drug-likeness (QED) is 0.845. The van der Waals surface area contributed by atoms with Gasteiger partial charge in [-0.1, -0.05) is 32.0 Å². The highest BCUT2D eigenvalue weighted by Crippen LogP contribution is 2.29. The van der Waals surface area contributed by atoms with Gasteiger partial charge in [0.2, 0.25) is 0 Å². The van der Waals surface area contributed by atoms with E-state index in [1.165, 1.54) is 24.1 Å². The van der Waals surface area contributed by atoms with Crippen LogP contribution in [-0.2, 0) is 6.42 Å². The minimum absolute atomic E-state index is 0.287. The largest absolute Gasteiger partial charge is 0.367 e. The summed E-state index contributed by atoms with van der Waals surface area (Å²) in [5, 5.41) is 0. The van der Waals surface area contributed by atoms with Crippen LogP contribution in [0.15, 0.2) is 24.3 Å². The summed E-state index contributed by atoms with van der Waals surface area (Å²) in [5.74, 6) is 0. The molecule has 0 spiro atoms. The first-order valence-electron chi connectivity index (χ1n) is 6.36. The van der Waals surface area contributed by atoms with Gasteiger partial charge < -0.3 is 10.6 Å². The fraction of sp³-hybridized carbons (Fsp3) is 0.571. The van der Waals surface area contributed by atoms with Crippen molar-refractivity contribution in [3.63, 3.8) is 0 Å². The summed E-state index contributed by atoms with van der Waals surface area (Å²) >= 11 is 0. The number of rotatable bonds is 3. The molecule has 1 aliphatic heterocycles. The van der Waals surface area contributed by atoms with Crippen LogP contribution in [0, 0.1) is 0 Å². The fourth-order valence-electron chi connectivity index (χ4n) is 2.74. The van der Waals surface area contributed by atoms with Gasteiger partial charge >= 0.3 is 0 Å². The first-order chi connectivity index (χ1) is 7.76. The molecular formula is C14H22N2. The second-order valence-electron chi connectivity index (χ2n) is 4.72. The molecule has 1 aromatic carbocycles. The van der Waals surface area contributed by atoms with E-state index in [-0.39, 0.29) is 6.04 Å². The highest BCUT2D eigenvalue weighted by atomic mass is 15.2. The molecule has 0 aromatic heterocycles. The predicted octanol–water partition coefficient (Wildman–Crippen LogP) is 2.57. The lowest BCUT2D eigenvalue weighted by molar-refractivity contribution is 0.502. The van der Waals surface area contributed by atoms with E-state index in [0.717, 1.165) is 13.0 Å². The van der Waals surface area contributed by atoms with E-state index in [2.05, 4.69) is 43.0 Å². The molecule has 1 aliphatic rings. The Bertz CT molecular complexity index is 344. The second kappa shape index (κ2) is 4.88. The van der Waals surface area contributed by atoms with Crippen molar-refractivity contribution in [3.05, 3.63) is 29.8 Å². The fourth-order valence-corrected chi connectivity index (χ4v) is 2.74. The third-order valence-corrected chi connectivity index (χ3v) is 3.60. The summed E-state index contributed by atoms with van der Waals surface area (Å²) in [6.45, 7) is 5.52. The minimum Gasteiger partial charge on any atom is -0.367 e. The van der Waals surface area contributed by atoms with Crippen molar-refractivity contribution >= 4 is 5.69 Å². The third-order valence-electron chi connectivity index (χ3n) is 3.60. The number of nitrogens with two attached hydrogens (primary N) is 1. The third kappa shape index (κ3) is 2.07. The number of benzene rings is 1. The van der Waals surface area contributed by atoms with Gasteiger partial charge in [0.05, 0.1) is 0 Å². The van der Waals surface area contributed by atoms with E-state index in [0.29, 0.717) is 6.04 Å². The molecule has 2 nitrogen and oxygen atoms in total. The molecule has 1 aromatic rings. The number of hydrogen-bond acceptors (Lipinski definition) is 2. The molecular weight excluding hydrogens is 196 g/mol. The number of fused-ring (bicyclic) bond motifs is 1. The standard InChI is InChI=1S/C14H22N2/c1-3-13(4-2)16-10-12(15)9-11-7-5-6-8-14(11)16/h5-8,12-13H,3-4,9-10,15H2,1-2H3. The molecule has 0 saturated heterocycles. The number of para-hydroxylation sites is 1. The molecule has 0 saturated carbocycles. The molecule has 0 aliphatic carbocycles. The van der Waals surface area contributed by atoms with E-state index >= 15 is 0 Å². The van der Waals surface area contributed by atoms with Crippen molar-refractivity contribution in [1.82, 2.24) is 0 Å². The van der Waals surface area contributed by atoms with Gasteiger partial charge in [0, 0.05) is 24.3 Å². The monoisotopic (exact) mass is 218 g/mol. The topological polar surface area (TPSA) is 29.3 Å². The molecule has 2 N–H and O–H groups in total. The lowest BCUT2D eigenvalue weighted by Crippen LogP contribution is -2.47. The number of nitrogens with zero attached hydrogens (tertiary/aromatic N) is 1. The zero-order valence-corrected chi connectivity index (χ0v) is 10.3. The Morgan fingerprint density at radius 2 is 2.00 bits per heavy atom. The predicted molar refractivity (Wildman–Crippen MR) is 69.8 cm³/mol. The van der Waals surface area contributed by atoms with E-state index in [4.69, 9.17) is 5.73 Å². The van der Waals surface area contributed by atoms with Crippen molar-refractivity contribution in [2.45, 2.75) is 45.2 Å². The molecule has 0 fully saturated rings. The first-order valence-corrected chi connectivity index (χ1v) is 6.36. The number of hydrogen-bond donors (Lipinski definition) is 1. The van der Waals surface area contributed by atoms with Gasteiger partial charge in [-0.05, 0) is 30.9 Å². The van der Waals surface area contributed by atoms with E-state index in [1.807, 2.05) is 0 Å². The molecule has 0 bridgehead atoms. The molecule has 1 heterocycles. The van der Waals surface area contributed by atoms with Crippen LogP contribution in [0.1, 0.15) is 32.3 Å². The Labute approximate surface area is 98.4 Å². The van der Waals surface area contributed by atoms with Crippen molar-refractivity contribution in [3.8, 4) is 0 Å². The molecule has 88 valence electrons. The summed E-state index contributed by atoms with van der Waals surface area (Å²) in [5.41, 5.74) is 8.96. The van der Waals surface area contributed by atoms with Crippen molar-refractivity contribution in [2.75, 3.05) is 11.4 Å². The Hall–Kier alpha value is -1.02. The summed E-state index contributed by atoms with van der Waals surface area (Å²) in [4.78, 5) is 2.50. The zero-order valence-electron chi connectivity index (χ0n) is 10.3. The van der Waals surface area contributed by atoms with Gasteiger partial charge in [-0.15, -0.1) is 0 Å². The highest BCUT2D eigenvalue weighted by molar-refractivity contribution is 5.57. The van der Waals surface area contributed by atoms with Crippen LogP contribution in [0.5, 0.6) is 0 Å². The Balaban J connectivity index is 2.32. The van der Waals surface area contributed by atoms with Gasteiger partial charge in [0.25, 0.3) is 0 Å². The van der Waals surface area contributed by atoms with Crippen LogP contribution in [0.25, 0.3) is 0 Å². The maximum Gasteiger partial charge on any atom is 0.0402 e. The summed E-state index contributed by atoms with van der Waals surface area (Å²) < 4.78 is 0. The molecule has 2 heteroatoms. The normalized spacial score (nSPS) is 20.0. The Morgan fingerprint density at radius 1 is 1.31 bits per heavy atom. The lowest BCUT2D eigenvalue weighted by Gasteiger charge is -2.39. The maximum absolute atomic E-state index is 6.15. The minimum atomic E-state index is 0.287. The van der Waals surface area contributed by atoms with Crippen LogP contribution < -0.4 is 10.6 Å². The number of anilines is 1. The van der Waals surface area contributed by atoms with Crippen LogP contribution in [0.4, 0.5) is 5.69 Å². The molecule has 1 atom stereocenters. The second-order valence-corrected chi connectivity index (χ2v) is 4.72. The molecule has 0 amide bonds. The van der Waals surface area contributed by atoms with Gasteiger partial charge in [-0.25, -0.2) is 0 Å². The summed E-state index contributed by atoms with van der Waals surface area (Å²) in [7, 11) is 0. The van der Waals surface area contributed by atoms with Crippen LogP contribution >= 0.6 is 0 Å². The van der Waals surface area contributed by atoms with Crippen LogP contribution in [0.2, 0.25) is 0 Å². The molecule has 16 heavy (non-hydrogen) atoms. The Morgan fingerprint density at radius 3 is 2.69 bits per heavy atom. The maximum atomic E-state index is 6.15. The first kappa shape index (κ1) is 11.5. The van der Waals surface area contributed by atoms with E-state index < -0.39 is 0 Å². The van der Waals surface area contributed by atoms with Crippen molar-refractivity contribution in [2.24, 2.45) is 5.73 Å². The summed E-state index contributed by atoms with van der Waals surface area (Å²) in [6, 6.07) is 9.61. The van der Waals surface area contributed by atoms with E-state index in [1.54, 1.807) is 0 Å². The lowest BCUT2D eigenvalue weighted by atomic mass is 9.95. The smallest absolute Gasteiger partial charge is 0.0402 e. The van der Waals surface area contributed by atoms with E-state index in [9.17, 15) is 0 Å². The van der Waals surface area contributed by atoms with Gasteiger partial charge in [0.15, 0.2) is 0 Å². The van der Waals surface area contributed by atoms with Crippen molar-refractivity contribution < 1.29 is 0 Å². The van der Waals surface area contributed by atoms with Gasteiger partial charge in [-0.2, -0.15) is 0 Å². The highest BCUT2D eigenvalue weighted by Gasteiger charge is 2.25. The average molecular weight is 218 g/mol. The van der Waals surface area contributed by atoms with Gasteiger partial charge in [-0.3, -0.25) is 0 Å². The van der Waals surface area contributed by atoms with Crippen LogP contribution in [0.3, 0.4) is 0 Å². The molecule has 1 unspecified atom stereocenters. The zero-order chi connectivity index (χ0) is 11.5. The van der Waals surface area contributed by atoms with Gasteiger partial charge in [0.1, 0.15) is 0 Å². The SMILES string of the molecule is CCC(CC)N1CC(N)Cc2ccccc21. The van der Waals surface area contributed by atoms with Crippen molar-refractivity contribution in [1.29, 1.82) is 0 Å².